The topological polar surface area (TPSA) is 29.5 Å². The van der Waals surface area contributed by atoms with Gasteiger partial charge < -0.3 is 9.84 Å². The summed E-state index contributed by atoms with van der Waals surface area (Å²) in [5, 5.41) is 8.72. The van der Waals surface area contributed by atoms with Gasteiger partial charge in [0, 0.05) is 6.61 Å². The maximum absolute atomic E-state index is 11.9. The summed E-state index contributed by atoms with van der Waals surface area (Å²) in [6.45, 7) is 0.588. The minimum Gasteiger partial charge on any atom is -0.384 e. The molecule has 0 fully saturated rings. The molecule has 0 saturated heterocycles. The van der Waals surface area contributed by atoms with Gasteiger partial charge in [-0.3, -0.25) is 0 Å². The van der Waals surface area contributed by atoms with Gasteiger partial charge in [0.05, 0.1) is 6.61 Å². The van der Waals surface area contributed by atoms with E-state index in [0.717, 1.165) is 5.56 Å². The molecule has 1 atom stereocenters. The summed E-state index contributed by atoms with van der Waals surface area (Å²) in [5.74, 6) is 0. The van der Waals surface area contributed by atoms with Gasteiger partial charge in [0.1, 0.15) is 6.10 Å². The zero-order chi connectivity index (χ0) is 12.7. The van der Waals surface area contributed by atoms with Crippen molar-refractivity contribution in [3.8, 4) is 0 Å². The maximum Gasteiger partial charge on any atom is 0.414 e. The summed E-state index contributed by atoms with van der Waals surface area (Å²) in [6.07, 6.45) is -6.91. The molecular formula is C12H15F3O2. The lowest BCUT2D eigenvalue weighted by Crippen LogP contribution is -2.28. The van der Waals surface area contributed by atoms with Crippen molar-refractivity contribution in [3.05, 3.63) is 35.9 Å². The summed E-state index contributed by atoms with van der Waals surface area (Å²) < 4.78 is 41.0. The molecule has 1 N–H and O–H groups in total. The van der Waals surface area contributed by atoms with Crippen LogP contribution in [0.1, 0.15) is 18.4 Å². The van der Waals surface area contributed by atoms with Gasteiger partial charge in [-0.15, -0.1) is 0 Å². The second kappa shape index (κ2) is 6.61. The lowest BCUT2D eigenvalue weighted by atomic mass is 10.2. The highest BCUT2D eigenvalue weighted by Gasteiger charge is 2.37. The molecule has 0 aliphatic rings. The molecule has 0 aliphatic heterocycles. The zero-order valence-electron chi connectivity index (χ0n) is 9.28. The second-order valence-electron chi connectivity index (χ2n) is 3.74. The highest BCUT2D eigenvalue weighted by atomic mass is 19.4. The number of alkyl halides is 3. The molecule has 0 spiro atoms. The number of aliphatic hydroxyl groups is 1. The second-order valence-corrected chi connectivity index (χ2v) is 3.74. The smallest absolute Gasteiger partial charge is 0.384 e. The molecule has 1 aromatic carbocycles. The van der Waals surface area contributed by atoms with Crippen molar-refractivity contribution in [2.24, 2.45) is 0 Å². The summed E-state index contributed by atoms with van der Waals surface area (Å²) in [5.41, 5.74) is 0.976. The third-order valence-corrected chi connectivity index (χ3v) is 2.26. The van der Waals surface area contributed by atoms with Crippen molar-refractivity contribution in [1.82, 2.24) is 0 Å². The fourth-order valence-corrected chi connectivity index (χ4v) is 1.31. The van der Waals surface area contributed by atoms with E-state index in [1.807, 2.05) is 30.3 Å². The summed E-state index contributed by atoms with van der Waals surface area (Å²) >= 11 is 0. The molecule has 0 amide bonds. The number of hydrogen-bond acceptors (Lipinski definition) is 2. The van der Waals surface area contributed by atoms with Crippen LogP contribution in [-0.4, -0.2) is 24.0 Å². The third-order valence-electron chi connectivity index (χ3n) is 2.26. The van der Waals surface area contributed by atoms with E-state index < -0.39 is 12.3 Å². The quantitative estimate of drug-likeness (QED) is 0.784. The standard InChI is InChI=1S/C12H15F3O2/c13-12(14,15)11(16)7-4-8-17-9-10-5-2-1-3-6-10/h1-3,5-6,11,16H,4,7-9H2/t11-/m0/s1. The average molecular weight is 248 g/mol. The number of hydrogen-bond donors (Lipinski definition) is 1. The minimum atomic E-state index is -4.53. The van der Waals surface area contributed by atoms with Crippen molar-refractivity contribution in [3.63, 3.8) is 0 Å². The van der Waals surface area contributed by atoms with E-state index in [1.54, 1.807) is 0 Å². The molecular weight excluding hydrogens is 233 g/mol. The van der Waals surface area contributed by atoms with Crippen LogP contribution in [0, 0.1) is 0 Å². The molecule has 5 heteroatoms. The first-order valence-corrected chi connectivity index (χ1v) is 5.36. The SMILES string of the molecule is O[C@@H](CCCOCc1ccccc1)C(F)(F)F. The van der Waals surface area contributed by atoms with Crippen molar-refractivity contribution in [2.45, 2.75) is 31.7 Å². The average Bonchev–Trinajstić information content (AvgIpc) is 2.28. The first kappa shape index (κ1) is 14.0. The number of rotatable bonds is 6. The molecule has 0 aromatic heterocycles. The van der Waals surface area contributed by atoms with E-state index in [2.05, 4.69) is 0 Å². The van der Waals surface area contributed by atoms with Crippen LogP contribution >= 0.6 is 0 Å². The number of ether oxygens (including phenoxy) is 1. The van der Waals surface area contributed by atoms with Crippen LogP contribution in [0.5, 0.6) is 0 Å². The Labute approximate surface area is 98.0 Å². The fraction of sp³-hybridized carbons (Fsp3) is 0.500. The van der Waals surface area contributed by atoms with Gasteiger partial charge in [0.2, 0.25) is 0 Å². The molecule has 1 aromatic rings. The van der Waals surface area contributed by atoms with Crippen molar-refractivity contribution >= 4 is 0 Å². The molecule has 0 aliphatic carbocycles. The summed E-state index contributed by atoms with van der Waals surface area (Å²) in [7, 11) is 0. The van der Waals surface area contributed by atoms with Crippen LogP contribution in [0.4, 0.5) is 13.2 Å². The normalized spacial score (nSPS) is 13.6. The summed E-state index contributed by atoms with van der Waals surface area (Å²) in [4.78, 5) is 0. The molecule has 17 heavy (non-hydrogen) atoms. The van der Waals surface area contributed by atoms with E-state index in [-0.39, 0.29) is 19.4 Å². The van der Waals surface area contributed by atoms with Gasteiger partial charge in [-0.05, 0) is 18.4 Å². The van der Waals surface area contributed by atoms with Gasteiger partial charge in [0.25, 0.3) is 0 Å². The molecule has 0 bridgehead atoms. The van der Waals surface area contributed by atoms with Gasteiger partial charge >= 0.3 is 6.18 Å². The van der Waals surface area contributed by atoms with E-state index in [0.29, 0.717) is 6.61 Å². The lowest BCUT2D eigenvalue weighted by molar-refractivity contribution is -0.206. The van der Waals surface area contributed by atoms with Gasteiger partial charge in [0.15, 0.2) is 0 Å². The summed E-state index contributed by atoms with van der Waals surface area (Å²) in [6, 6.07) is 9.37. The maximum atomic E-state index is 11.9. The highest BCUT2D eigenvalue weighted by molar-refractivity contribution is 5.13. The Bertz CT molecular complexity index is 311. The zero-order valence-corrected chi connectivity index (χ0v) is 9.28. The molecule has 0 radical (unpaired) electrons. The Morgan fingerprint density at radius 2 is 1.82 bits per heavy atom. The molecule has 2 nitrogen and oxygen atoms in total. The van der Waals surface area contributed by atoms with Gasteiger partial charge in [-0.25, -0.2) is 0 Å². The van der Waals surface area contributed by atoms with Crippen LogP contribution in [0.2, 0.25) is 0 Å². The van der Waals surface area contributed by atoms with E-state index in [4.69, 9.17) is 9.84 Å². The van der Waals surface area contributed by atoms with Crippen LogP contribution < -0.4 is 0 Å². The molecule has 0 heterocycles. The van der Waals surface area contributed by atoms with Crippen LogP contribution in [0.15, 0.2) is 30.3 Å². The Hall–Kier alpha value is -1.07. The predicted octanol–water partition coefficient (Wildman–Crippen LogP) is 2.91. The van der Waals surface area contributed by atoms with Crippen molar-refractivity contribution in [1.29, 1.82) is 0 Å². The van der Waals surface area contributed by atoms with Crippen LogP contribution in [0.3, 0.4) is 0 Å². The third kappa shape index (κ3) is 5.70. The van der Waals surface area contributed by atoms with Gasteiger partial charge in [-0.1, -0.05) is 30.3 Å². The van der Waals surface area contributed by atoms with E-state index >= 15 is 0 Å². The number of aliphatic hydroxyl groups excluding tert-OH is 1. The first-order valence-electron chi connectivity index (χ1n) is 5.36. The first-order chi connectivity index (χ1) is 8.00. The van der Waals surface area contributed by atoms with Crippen molar-refractivity contribution < 1.29 is 23.0 Å². The van der Waals surface area contributed by atoms with E-state index in [9.17, 15) is 13.2 Å². The number of benzene rings is 1. The Balaban J connectivity index is 2.09. The van der Waals surface area contributed by atoms with Crippen molar-refractivity contribution in [2.75, 3.05) is 6.61 Å². The lowest BCUT2D eigenvalue weighted by Gasteiger charge is -2.13. The minimum absolute atomic E-state index is 0.188. The van der Waals surface area contributed by atoms with Crippen LogP contribution in [-0.2, 0) is 11.3 Å². The molecule has 96 valence electrons. The highest BCUT2D eigenvalue weighted by Crippen LogP contribution is 2.23. The van der Waals surface area contributed by atoms with Crippen LogP contribution in [0.25, 0.3) is 0 Å². The largest absolute Gasteiger partial charge is 0.414 e. The Kier molecular flexibility index (Phi) is 5.44. The Morgan fingerprint density at radius 3 is 2.41 bits per heavy atom. The molecule has 0 unspecified atom stereocenters. The van der Waals surface area contributed by atoms with E-state index in [1.165, 1.54) is 0 Å². The monoisotopic (exact) mass is 248 g/mol. The number of halogens is 3. The fourth-order valence-electron chi connectivity index (χ4n) is 1.31. The van der Waals surface area contributed by atoms with Gasteiger partial charge in [-0.2, -0.15) is 13.2 Å². The predicted molar refractivity (Wildman–Crippen MR) is 57.4 cm³/mol. The molecule has 1 rings (SSSR count). The molecule has 0 saturated carbocycles. The Morgan fingerprint density at radius 1 is 1.18 bits per heavy atom.